The number of anilines is 2. The largest absolute Gasteiger partial charge is 0.497 e. The number of nitrogens with zero attached hydrogens (tertiary/aromatic N) is 2. The van der Waals surface area contributed by atoms with Crippen molar-refractivity contribution in [2.75, 3.05) is 25.6 Å². The van der Waals surface area contributed by atoms with Crippen LogP contribution in [0.15, 0.2) is 54.9 Å². The second-order valence-corrected chi connectivity index (χ2v) is 6.30. The van der Waals surface area contributed by atoms with E-state index >= 15 is 0 Å². The molecule has 0 bridgehead atoms. The van der Waals surface area contributed by atoms with Crippen molar-refractivity contribution in [3.63, 3.8) is 0 Å². The van der Waals surface area contributed by atoms with Crippen LogP contribution in [0.5, 0.6) is 17.2 Å². The molecule has 1 amide bonds. The van der Waals surface area contributed by atoms with E-state index in [0.29, 0.717) is 37.1 Å². The molecular weight excluding hydrogens is 372 g/mol. The van der Waals surface area contributed by atoms with E-state index in [9.17, 15) is 4.79 Å². The summed E-state index contributed by atoms with van der Waals surface area (Å²) in [4.78, 5) is 20.7. The Hall–Kier alpha value is -3.81. The van der Waals surface area contributed by atoms with Gasteiger partial charge in [0.25, 0.3) is 5.91 Å². The lowest BCUT2D eigenvalue weighted by Gasteiger charge is -2.19. The molecule has 0 fully saturated rings. The summed E-state index contributed by atoms with van der Waals surface area (Å²) in [6, 6.07) is 14.6. The molecule has 1 aromatic heterocycles. The van der Waals surface area contributed by atoms with E-state index in [1.165, 1.54) is 6.33 Å². The zero-order valence-electron chi connectivity index (χ0n) is 15.8. The fraction of sp³-hybridized carbons (Fsp3) is 0.190. The summed E-state index contributed by atoms with van der Waals surface area (Å²) in [6.45, 7) is 1.45. The number of aromatic nitrogens is 2. The molecule has 29 heavy (non-hydrogen) atoms. The van der Waals surface area contributed by atoms with Crippen LogP contribution >= 0.6 is 0 Å². The van der Waals surface area contributed by atoms with E-state index < -0.39 is 0 Å². The van der Waals surface area contributed by atoms with Crippen LogP contribution in [0.1, 0.15) is 16.1 Å². The van der Waals surface area contributed by atoms with Gasteiger partial charge in [-0.05, 0) is 29.8 Å². The highest BCUT2D eigenvalue weighted by atomic mass is 16.6. The van der Waals surface area contributed by atoms with Gasteiger partial charge in [-0.15, -0.1) is 0 Å². The molecule has 4 rings (SSSR count). The minimum absolute atomic E-state index is 0.272. The highest BCUT2D eigenvalue weighted by molar-refractivity contribution is 5.92. The van der Waals surface area contributed by atoms with Crippen molar-refractivity contribution < 1.29 is 19.0 Å². The molecule has 2 heterocycles. The Bertz CT molecular complexity index is 1010. The van der Waals surface area contributed by atoms with Crippen molar-refractivity contribution in [2.24, 2.45) is 0 Å². The van der Waals surface area contributed by atoms with Crippen LogP contribution in [-0.4, -0.2) is 36.2 Å². The first-order chi connectivity index (χ1) is 14.2. The molecule has 1 aliphatic heterocycles. The van der Waals surface area contributed by atoms with Gasteiger partial charge in [0.1, 0.15) is 36.8 Å². The fourth-order valence-electron chi connectivity index (χ4n) is 2.84. The summed E-state index contributed by atoms with van der Waals surface area (Å²) in [5.74, 6) is 2.38. The number of carbonyl (C=O) groups is 1. The minimum atomic E-state index is -0.284. The first-order valence-electron chi connectivity index (χ1n) is 9.11. The third-order valence-corrected chi connectivity index (χ3v) is 4.33. The van der Waals surface area contributed by atoms with Crippen LogP contribution in [0, 0.1) is 0 Å². The van der Waals surface area contributed by atoms with Crippen molar-refractivity contribution in [1.82, 2.24) is 15.3 Å². The number of hydrogen-bond donors (Lipinski definition) is 2. The van der Waals surface area contributed by atoms with Crippen LogP contribution in [-0.2, 0) is 6.54 Å². The smallest absolute Gasteiger partial charge is 0.270 e. The predicted octanol–water partition coefficient (Wildman–Crippen LogP) is 2.93. The molecular formula is C21H20N4O4. The molecule has 0 spiro atoms. The summed E-state index contributed by atoms with van der Waals surface area (Å²) < 4.78 is 16.2. The lowest BCUT2D eigenvalue weighted by molar-refractivity contribution is 0.0946. The molecule has 1 aliphatic rings. The number of hydrogen-bond acceptors (Lipinski definition) is 7. The quantitative estimate of drug-likeness (QED) is 0.666. The normalized spacial score (nSPS) is 12.2. The van der Waals surface area contributed by atoms with Gasteiger partial charge in [0.05, 0.1) is 7.11 Å². The van der Waals surface area contributed by atoms with Gasteiger partial charge in [-0.1, -0.05) is 12.1 Å². The standard InChI is InChI=1S/C21H20N4O4/c1-27-16-5-2-14(3-6-16)12-22-21(26)17-11-20(24-13-23-17)25-15-4-7-18-19(10-15)29-9-8-28-18/h2-7,10-11,13H,8-9,12H2,1H3,(H,22,26)(H,23,24,25). The highest BCUT2D eigenvalue weighted by Crippen LogP contribution is 2.33. The van der Waals surface area contributed by atoms with Crippen molar-refractivity contribution >= 4 is 17.4 Å². The lowest BCUT2D eigenvalue weighted by Crippen LogP contribution is -2.24. The number of methoxy groups -OCH3 is 1. The van der Waals surface area contributed by atoms with Gasteiger partial charge in [0.2, 0.25) is 0 Å². The van der Waals surface area contributed by atoms with Crippen molar-refractivity contribution in [3.05, 3.63) is 66.1 Å². The minimum Gasteiger partial charge on any atom is -0.497 e. The summed E-state index contributed by atoms with van der Waals surface area (Å²) in [6.07, 6.45) is 1.35. The number of benzene rings is 2. The molecule has 2 aromatic carbocycles. The maximum absolute atomic E-state index is 12.4. The molecule has 0 unspecified atom stereocenters. The molecule has 3 aromatic rings. The van der Waals surface area contributed by atoms with E-state index in [1.807, 2.05) is 42.5 Å². The van der Waals surface area contributed by atoms with E-state index in [2.05, 4.69) is 20.6 Å². The predicted molar refractivity (Wildman–Crippen MR) is 107 cm³/mol. The van der Waals surface area contributed by atoms with Crippen molar-refractivity contribution in [3.8, 4) is 17.2 Å². The number of rotatable bonds is 6. The molecule has 2 N–H and O–H groups in total. The number of carbonyl (C=O) groups excluding carboxylic acids is 1. The van der Waals surface area contributed by atoms with E-state index in [0.717, 1.165) is 17.0 Å². The molecule has 8 heteroatoms. The molecule has 8 nitrogen and oxygen atoms in total. The summed E-state index contributed by atoms with van der Waals surface area (Å²) in [7, 11) is 1.61. The van der Waals surface area contributed by atoms with Gasteiger partial charge in [-0.3, -0.25) is 4.79 Å². The Morgan fingerprint density at radius 2 is 1.83 bits per heavy atom. The van der Waals surface area contributed by atoms with Gasteiger partial charge in [-0.2, -0.15) is 0 Å². The molecule has 0 radical (unpaired) electrons. The second-order valence-electron chi connectivity index (χ2n) is 6.30. The van der Waals surface area contributed by atoms with Gasteiger partial charge in [0, 0.05) is 24.4 Å². The van der Waals surface area contributed by atoms with Crippen LogP contribution in [0.4, 0.5) is 11.5 Å². The topological polar surface area (TPSA) is 94.6 Å². The highest BCUT2D eigenvalue weighted by Gasteiger charge is 2.13. The average Bonchev–Trinajstić information content (AvgIpc) is 2.78. The monoisotopic (exact) mass is 392 g/mol. The molecule has 0 saturated heterocycles. The number of ether oxygens (including phenoxy) is 3. The van der Waals surface area contributed by atoms with Crippen LogP contribution in [0.25, 0.3) is 0 Å². The second kappa shape index (κ2) is 8.47. The Labute approximate surface area is 167 Å². The van der Waals surface area contributed by atoms with Crippen LogP contribution in [0.2, 0.25) is 0 Å². The number of amides is 1. The number of fused-ring (bicyclic) bond motifs is 1. The Morgan fingerprint density at radius 3 is 2.62 bits per heavy atom. The third-order valence-electron chi connectivity index (χ3n) is 4.33. The van der Waals surface area contributed by atoms with Gasteiger partial charge in [0.15, 0.2) is 11.5 Å². The number of nitrogens with one attached hydrogen (secondary N) is 2. The zero-order chi connectivity index (χ0) is 20.1. The fourth-order valence-corrected chi connectivity index (χ4v) is 2.84. The molecule has 0 saturated carbocycles. The molecule has 148 valence electrons. The summed E-state index contributed by atoms with van der Waals surface area (Å²) in [5, 5.41) is 6.01. The Kier molecular flexibility index (Phi) is 5.42. The molecule has 0 aliphatic carbocycles. The third kappa shape index (κ3) is 4.55. The van der Waals surface area contributed by atoms with Gasteiger partial charge in [-0.25, -0.2) is 9.97 Å². The average molecular weight is 392 g/mol. The maximum Gasteiger partial charge on any atom is 0.270 e. The van der Waals surface area contributed by atoms with Crippen LogP contribution in [0.3, 0.4) is 0 Å². The van der Waals surface area contributed by atoms with Gasteiger partial charge < -0.3 is 24.8 Å². The first kappa shape index (κ1) is 18.5. The van der Waals surface area contributed by atoms with E-state index in [4.69, 9.17) is 14.2 Å². The molecule has 0 atom stereocenters. The van der Waals surface area contributed by atoms with E-state index in [-0.39, 0.29) is 11.6 Å². The van der Waals surface area contributed by atoms with Crippen molar-refractivity contribution in [2.45, 2.75) is 6.54 Å². The van der Waals surface area contributed by atoms with Gasteiger partial charge >= 0.3 is 0 Å². The lowest BCUT2D eigenvalue weighted by atomic mass is 10.2. The zero-order valence-corrected chi connectivity index (χ0v) is 15.8. The first-order valence-corrected chi connectivity index (χ1v) is 9.11. The Morgan fingerprint density at radius 1 is 1.03 bits per heavy atom. The van der Waals surface area contributed by atoms with E-state index in [1.54, 1.807) is 13.2 Å². The van der Waals surface area contributed by atoms with Crippen molar-refractivity contribution in [1.29, 1.82) is 0 Å². The SMILES string of the molecule is COc1ccc(CNC(=O)c2cc(Nc3ccc4c(c3)OCCO4)ncn2)cc1. The Balaban J connectivity index is 1.40. The maximum atomic E-state index is 12.4. The summed E-state index contributed by atoms with van der Waals surface area (Å²) >= 11 is 0. The van der Waals surface area contributed by atoms with Crippen LogP contribution < -0.4 is 24.8 Å². The summed E-state index contributed by atoms with van der Waals surface area (Å²) in [5.41, 5.74) is 2.01.